The van der Waals surface area contributed by atoms with Gasteiger partial charge in [0.1, 0.15) is 5.60 Å². The van der Waals surface area contributed by atoms with Crippen molar-refractivity contribution in [3.8, 4) is 0 Å². The first kappa shape index (κ1) is 15.9. The average Bonchev–Trinajstić information content (AvgIpc) is 2.26. The molecule has 0 spiro atoms. The lowest BCUT2D eigenvalue weighted by Gasteiger charge is -2.58. The molecule has 0 atom stereocenters. The molecule has 6 heteroatoms. The van der Waals surface area contributed by atoms with Gasteiger partial charge in [0.2, 0.25) is 0 Å². The molecule has 2 aliphatic heterocycles. The minimum absolute atomic E-state index is 0.0898. The SMILES string of the molecule is CC(C)(C)OC(=O)N1CC(CO)(C2(O)CCSCC2)C1. The van der Waals surface area contributed by atoms with Crippen molar-refractivity contribution in [2.45, 2.75) is 44.8 Å². The van der Waals surface area contributed by atoms with Gasteiger partial charge in [0, 0.05) is 13.1 Å². The topological polar surface area (TPSA) is 70.0 Å². The number of amides is 1. The summed E-state index contributed by atoms with van der Waals surface area (Å²) in [7, 11) is 0. The van der Waals surface area contributed by atoms with Gasteiger partial charge < -0.3 is 19.8 Å². The number of carbonyl (C=O) groups excluding carboxylic acids is 1. The first-order valence-corrected chi connectivity index (χ1v) is 8.26. The van der Waals surface area contributed by atoms with E-state index in [4.69, 9.17) is 4.74 Å². The molecular weight excluding hydrogens is 278 g/mol. The van der Waals surface area contributed by atoms with Gasteiger partial charge in [0.05, 0.1) is 17.6 Å². The number of aliphatic hydroxyl groups is 2. The third-order valence-corrected chi connectivity index (χ3v) is 5.23. The molecule has 5 nitrogen and oxygen atoms in total. The Kier molecular flexibility index (Phi) is 4.29. The number of likely N-dealkylation sites (tertiary alicyclic amines) is 1. The Hall–Kier alpha value is -0.460. The summed E-state index contributed by atoms with van der Waals surface area (Å²) in [6.07, 6.45) is 0.996. The van der Waals surface area contributed by atoms with Crippen LogP contribution in [0.25, 0.3) is 0 Å². The number of hydrogen-bond acceptors (Lipinski definition) is 5. The highest BCUT2D eigenvalue weighted by atomic mass is 32.2. The number of ether oxygens (including phenoxy) is 1. The number of thioether (sulfide) groups is 1. The van der Waals surface area contributed by atoms with E-state index < -0.39 is 16.6 Å². The van der Waals surface area contributed by atoms with E-state index in [1.165, 1.54) is 0 Å². The Balaban J connectivity index is 1.99. The highest BCUT2D eigenvalue weighted by molar-refractivity contribution is 7.99. The molecule has 2 saturated heterocycles. The summed E-state index contributed by atoms with van der Waals surface area (Å²) >= 11 is 1.83. The van der Waals surface area contributed by atoms with Crippen molar-refractivity contribution in [1.29, 1.82) is 0 Å². The Morgan fingerprint density at radius 1 is 1.30 bits per heavy atom. The molecule has 1 amide bonds. The average molecular weight is 303 g/mol. The maximum Gasteiger partial charge on any atom is 0.410 e. The summed E-state index contributed by atoms with van der Waals surface area (Å²) in [6.45, 7) is 6.15. The molecule has 2 N–H and O–H groups in total. The van der Waals surface area contributed by atoms with E-state index in [2.05, 4.69) is 0 Å². The van der Waals surface area contributed by atoms with Gasteiger partial charge >= 0.3 is 6.09 Å². The molecule has 0 unspecified atom stereocenters. The largest absolute Gasteiger partial charge is 0.444 e. The predicted octanol–water partition coefficient (Wildman–Crippen LogP) is 1.47. The Bertz CT molecular complexity index is 368. The molecule has 2 aliphatic rings. The number of nitrogens with zero attached hydrogens (tertiary/aromatic N) is 1. The lowest BCUT2D eigenvalue weighted by Crippen LogP contribution is -2.71. The Labute approximate surface area is 124 Å². The maximum atomic E-state index is 12.0. The summed E-state index contributed by atoms with van der Waals surface area (Å²) in [5, 5.41) is 20.6. The monoisotopic (exact) mass is 303 g/mol. The lowest BCUT2D eigenvalue weighted by atomic mass is 9.64. The molecule has 0 aromatic carbocycles. The van der Waals surface area contributed by atoms with Gasteiger partial charge in [-0.25, -0.2) is 4.79 Å². The summed E-state index contributed by atoms with van der Waals surface area (Å²) in [5.41, 5.74) is -1.96. The molecule has 0 aromatic heterocycles. The van der Waals surface area contributed by atoms with Crippen molar-refractivity contribution in [2.24, 2.45) is 5.41 Å². The molecule has 0 bridgehead atoms. The number of hydrogen-bond donors (Lipinski definition) is 2. The van der Waals surface area contributed by atoms with Crippen molar-refractivity contribution in [1.82, 2.24) is 4.90 Å². The summed E-state index contributed by atoms with van der Waals surface area (Å²) in [5.74, 6) is 1.81. The highest BCUT2D eigenvalue weighted by Gasteiger charge is 2.58. The van der Waals surface area contributed by atoms with Crippen LogP contribution in [0.15, 0.2) is 0 Å². The fourth-order valence-electron chi connectivity index (χ4n) is 2.92. The van der Waals surface area contributed by atoms with Crippen LogP contribution in [0.2, 0.25) is 0 Å². The van der Waals surface area contributed by atoms with Crippen LogP contribution >= 0.6 is 11.8 Å². The highest BCUT2D eigenvalue weighted by Crippen LogP contribution is 2.47. The van der Waals surface area contributed by atoms with Crippen LogP contribution < -0.4 is 0 Å². The molecule has 0 aromatic rings. The molecule has 2 heterocycles. The number of rotatable bonds is 2. The molecule has 0 saturated carbocycles. The van der Waals surface area contributed by atoms with E-state index >= 15 is 0 Å². The van der Waals surface area contributed by atoms with Crippen LogP contribution in [0.4, 0.5) is 4.79 Å². The van der Waals surface area contributed by atoms with Gasteiger partial charge in [-0.1, -0.05) is 0 Å². The quantitative estimate of drug-likeness (QED) is 0.808. The summed E-state index contributed by atoms with van der Waals surface area (Å²) in [4.78, 5) is 13.5. The predicted molar refractivity (Wildman–Crippen MR) is 78.8 cm³/mol. The van der Waals surface area contributed by atoms with Crippen molar-refractivity contribution < 1.29 is 19.7 Å². The minimum Gasteiger partial charge on any atom is -0.444 e. The number of carbonyl (C=O) groups is 1. The zero-order chi connectivity index (χ0) is 15.0. The first-order chi connectivity index (χ1) is 9.21. The second-order valence-corrected chi connectivity index (χ2v) is 8.14. The van der Waals surface area contributed by atoms with Crippen LogP contribution in [0.1, 0.15) is 33.6 Å². The van der Waals surface area contributed by atoms with Crippen LogP contribution in [-0.2, 0) is 4.74 Å². The third kappa shape index (κ3) is 2.92. The lowest BCUT2D eigenvalue weighted by molar-refractivity contribution is -0.180. The van der Waals surface area contributed by atoms with Crippen LogP contribution in [0.3, 0.4) is 0 Å². The van der Waals surface area contributed by atoms with Crippen LogP contribution in [-0.4, -0.2) is 63.6 Å². The summed E-state index contributed by atoms with van der Waals surface area (Å²) in [6, 6.07) is 0. The van der Waals surface area contributed by atoms with E-state index in [1.807, 2.05) is 32.5 Å². The van der Waals surface area contributed by atoms with Gasteiger partial charge in [-0.15, -0.1) is 0 Å². The van der Waals surface area contributed by atoms with Crippen molar-refractivity contribution in [2.75, 3.05) is 31.2 Å². The van der Waals surface area contributed by atoms with Crippen molar-refractivity contribution >= 4 is 17.9 Å². The fraction of sp³-hybridized carbons (Fsp3) is 0.929. The molecule has 2 fully saturated rings. The zero-order valence-electron chi connectivity index (χ0n) is 12.5. The fourth-order valence-corrected chi connectivity index (χ4v) is 4.09. The first-order valence-electron chi connectivity index (χ1n) is 7.10. The second kappa shape index (κ2) is 5.39. The van der Waals surface area contributed by atoms with E-state index in [0.29, 0.717) is 25.9 Å². The molecular formula is C14H25NO4S. The van der Waals surface area contributed by atoms with Gasteiger partial charge in [-0.2, -0.15) is 11.8 Å². The minimum atomic E-state index is -0.856. The summed E-state index contributed by atoms with van der Waals surface area (Å²) < 4.78 is 5.32. The van der Waals surface area contributed by atoms with E-state index in [-0.39, 0.29) is 12.7 Å². The molecule has 116 valence electrons. The molecule has 20 heavy (non-hydrogen) atoms. The van der Waals surface area contributed by atoms with Gasteiger partial charge in [-0.3, -0.25) is 0 Å². The van der Waals surface area contributed by atoms with Crippen molar-refractivity contribution in [3.05, 3.63) is 0 Å². The van der Waals surface area contributed by atoms with E-state index in [0.717, 1.165) is 11.5 Å². The maximum absolute atomic E-state index is 12.0. The van der Waals surface area contributed by atoms with E-state index in [1.54, 1.807) is 4.90 Å². The van der Waals surface area contributed by atoms with Gasteiger partial charge in [-0.05, 0) is 45.1 Å². The normalized spacial score (nSPS) is 24.9. The van der Waals surface area contributed by atoms with Gasteiger partial charge in [0.15, 0.2) is 0 Å². The third-order valence-electron chi connectivity index (χ3n) is 4.25. The molecule has 0 radical (unpaired) electrons. The Morgan fingerprint density at radius 3 is 2.30 bits per heavy atom. The van der Waals surface area contributed by atoms with Gasteiger partial charge in [0.25, 0.3) is 0 Å². The smallest absolute Gasteiger partial charge is 0.410 e. The van der Waals surface area contributed by atoms with E-state index in [9.17, 15) is 15.0 Å². The molecule has 2 rings (SSSR count). The second-order valence-electron chi connectivity index (χ2n) is 6.92. The Morgan fingerprint density at radius 2 is 1.85 bits per heavy atom. The molecule has 0 aliphatic carbocycles. The number of aliphatic hydroxyl groups excluding tert-OH is 1. The zero-order valence-corrected chi connectivity index (χ0v) is 13.3. The standard InChI is InChI=1S/C14H25NO4S/c1-12(2,3)19-11(17)15-8-13(9-15,10-16)14(18)4-6-20-7-5-14/h16,18H,4-10H2,1-3H3. The van der Waals surface area contributed by atoms with Crippen LogP contribution in [0, 0.1) is 5.41 Å². The van der Waals surface area contributed by atoms with Crippen LogP contribution in [0.5, 0.6) is 0 Å². The van der Waals surface area contributed by atoms with Crippen molar-refractivity contribution in [3.63, 3.8) is 0 Å².